The van der Waals surface area contributed by atoms with Crippen molar-refractivity contribution >= 4 is 81.9 Å². The van der Waals surface area contributed by atoms with Crippen LogP contribution in [0.15, 0.2) is 94.8 Å². The van der Waals surface area contributed by atoms with Gasteiger partial charge in [-0.25, -0.2) is 36.0 Å². The van der Waals surface area contributed by atoms with E-state index in [1.165, 1.54) is 372 Å². The van der Waals surface area contributed by atoms with E-state index in [9.17, 15) is 45.1 Å². The van der Waals surface area contributed by atoms with Crippen LogP contribution in [0, 0.1) is 0 Å². The zero-order valence-electron chi connectivity index (χ0n) is 80.9. The Labute approximate surface area is 798 Å². The van der Waals surface area contributed by atoms with Gasteiger partial charge in [0, 0.05) is 0 Å². The first-order valence-electron chi connectivity index (χ1n) is 52.1. The Kier molecular flexibility index (Phi) is 89.5. The van der Waals surface area contributed by atoms with Gasteiger partial charge in [0.15, 0.2) is 0 Å². The van der Waals surface area contributed by atoms with Gasteiger partial charge >= 0.3 is 61.6 Å². The Morgan fingerprint density at radius 2 is 0.352 bits per heavy atom. The fraction of sp³-hybridized carbons (Fsp3) is 0.778. The van der Waals surface area contributed by atoms with Crippen LogP contribution in [0.25, 0.3) is 0 Å². The number of unbranched alkanes of at least 4 members (excludes halogenated alkanes) is 68. The van der Waals surface area contributed by atoms with Gasteiger partial charge in [0.05, 0.1) is 58.5 Å². The predicted molar refractivity (Wildman–Crippen MR) is 526 cm³/mol. The van der Waals surface area contributed by atoms with E-state index < -0.39 is 53.9 Å². The third kappa shape index (κ3) is 78.7. The Bertz CT molecular complexity index is 2950. The number of rotatable bonds is 90. The fourth-order valence-corrected chi connectivity index (χ4v) is 16.9. The second-order valence-corrected chi connectivity index (χ2v) is 38.4. The minimum Gasteiger partial charge on any atom is -0.744 e. The normalized spacial score (nSPS) is 11.8. The van der Waals surface area contributed by atoms with Gasteiger partial charge in [0.25, 0.3) is 0 Å². The maximum atomic E-state index is 13.0. The van der Waals surface area contributed by atoms with Crippen LogP contribution in [0.2, 0.25) is 0 Å². The van der Waals surface area contributed by atoms with Crippen molar-refractivity contribution in [3.63, 3.8) is 0 Å². The number of hydrogen-bond donors (Lipinski definition) is 0. The van der Waals surface area contributed by atoms with Gasteiger partial charge in [-0.3, -0.25) is 0 Å². The van der Waals surface area contributed by atoms with Crippen molar-refractivity contribution in [2.75, 3.05) is 26.4 Å². The molecule has 0 heterocycles. The minimum atomic E-state index is -4.82. The Balaban J connectivity index is 0.00000244. The summed E-state index contributed by atoms with van der Waals surface area (Å²) < 4.78 is 92.0. The van der Waals surface area contributed by atoms with Crippen molar-refractivity contribution in [2.45, 2.75) is 525 Å². The van der Waals surface area contributed by atoms with Crippen molar-refractivity contribution in [2.24, 2.45) is 0 Å². The molecule has 0 radical (unpaired) electrons. The molecule has 0 aliphatic heterocycles. The minimum absolute atomic E-state index is 0. The summed E-state index contributed by atoms with van der Waals surface area (Å²) in [5, 5.41) is 0. The zero-order chi connectivity index (χ0) is 90.1. The molecule has 0 saturated heterocycles. The van der Waals surface area contributed by atoms with E-state index in [4.69, 9.17) is 18.9 Å². The standard InChI is InChI=1S/2C54H94O7S.Ca/c2*1-3-5-7-9-11-13-15-17-19-21-23-25-27-29-31-33-35-37-39-41-43-47-60-53(55)51-46-45-50(62(57,58)59)49-52(51)54(56)61-48-44-42-40-38-36-34-32-30-28-26-24-22-20-18-16-14-12-10-8-6-4-2;/h2*25-28,45-46,49H,3-24,29-44,47-48H2,1-2H3,(H,57,58,59);/q;;+2/p-2/b2*27-25+,28-26+;. The van der Waals surface area contributed by atoms with Gasteiger partial charge in [-0.05, 0) is 165 Å². The molecule has 0 saturated carbocycles. The monoisotopic (exact) mass is 1810 g/mol. The molecule has 125 heavy (non-hydrogen) atoms. The number of hydrogen-bond acceptors (Lipinski definition) is 14. The average molecular weight is 1810 g/mol. The first-order chi connectivity index (χ1) is 60.6. The number of carbonyl (C=O) groups excluding carboxylic acids is 4. The van der Waals surface area contributed by atoms with Gasteiger partial charge < -0.3 is 28.1 Å². The Morgan fingerprint density at radius 1 is 0.216 bits per heavy atom. The predicted octanol–water partition coefficient (Wildman–Crippen LogP) is 33.4. The van der Waals surface area contributed by atoms with Crippen LogP contribution in [-0.2, 0) is 39.2 Å². The molecular formula is C108H186CaO14S2. The molecule has 0 N–H and O–H groups in total. The molecule has 17 heteroatoms. The number of allylic oxidation sites excluding steroid dienone is 8. The van der Waals surface area contributed by atoms with E-state index in [1.54, 1.807) is 0 Å². The topological polar surface area (TPSA) is 220 Å². The molecule has 2 rings (SSSR count). The summed E-state index contributed by atoms with van der Waals surface area (Å²) in [6, 6.07) is 6.29. The molecule has 14 nitrogen and oxygen atoms in total. The zero-order valence-corrected chi connectivity index (χ0v) is 84.7. The molecule has 0 unspecified atom stereocenters. The smallest absolute Gasteiger partial charge is 0.744 e. The molecule has 0 aliphatic rings. The fourth-order valence-electron chi connectivity index (χ4n) is 16.0. The van der Waals surface area contributed by atoms with Crippen LogP contribution in [0.5, 0.6) is 0 Å². The third-order valence-corrected chi connectivity index (χ3v) is 25.7. The van der Waals surface area contributed by atoms with Gasteiger partial charge in [-0.15, -0.1) is 0 Å². The molecular weight excluding hydrogens is 1630 g/mol. The van der Waals surface area contributed by atoms with E-state index in [0.717, 1.165) is 127 Å². The van der Waals surface area contributed by atoms with Crippen molar-refractivity contribution in [1.82, 2.24) is 0 Å². The number of carbonyl (C=O) groups is 4. The first kappa shape index (κ1) is 121. The van der Waals surface area contributed by atoms with Gasteiger partial charge in [-0.2, -0.15) is 0 Å². The van der Waals surface area contributed by atoms with E-state index in [2.05, 4.69) is 76.3 Å². The summed E-state index contributed by atoms with van der Waals surface area (Å²) in [6.45, 7) is 9.80. The number of ether oxygens (including phenoxy) is 4. The summed E-state index contributed by atoms with van der Waals surface area (Å²) in [5.41, 5.74) is -0.682. The van der Waals surface area contributed by atoms with E-state index in [0.29, 0.717) is 25.7 Å². The maximum absolute atomic E-state index is 13.0. The third-order valence-electron chi connectivity index (χ3n) is 24.0. The van der Waals surface area contributed by atoms with E-state index in [-0.39, 0.29) is 86.4 Å². The summed E-state index contributed by atoms with van der Waals surface area (Å²) in [4.78, 5) is 50.7. The molecule has 2 aromatic carbocycles. The summed E-state index contributed by atoms with van der Waals surface area (Å²) in [5.74, 6) is -3.10. The van der Waals surface area contributed by atoms with Crippen LogP contribution in [-0.4, -0.2) is 114 Å². The van der Waals surface area contributed by atoms with Crippen LogP contribution in [0.1, 0.15) is 557 Å². The summed E-state index contributed by atoms with van der Waals surface area (Å²) >= 11 is 0. The SMILES string of the molecule is CCCCCCCCCCCC/C=C/CCCCCCCCCOC(=O)c1ccc(S(=O)(=O)[O-])cc1C(=O)OCCCCCCCCC/C=C/CCCCCCCCCCCC.CCCCCCCCCCCC/C=C/CCCCCCCCCOC(=O)c1ccc(S(=O)(=O)[O-])cc1C(=O)OCCCCCCCCC/C=C/CCCCCCCCCCCC.[Ca+2]. The molecule has 0 fully saturated rings. The van der Waals surface area contributed by atoms with Crippen molar-refractivity contribution in [3.05, 3.63) is 107 Å². The molecule has 2 aromatic rings. The van der Waals surface area contributed by atoms with Crippen LogP contribution < -0.4 is 0 Å². The van der Waals surface area contributed by atoms with Crippen molar-refractivity contribution < 1.29 is 64.1 Å². The second-order valence-electron chi connectivity index (χ2n) is 35.7. The van der Waals surface area contributed by atoms with Gasteiger partial charge in [-0.1, -0.05) is 436 Å². The van der Waals surface area contributed by atoms with E-state index >= 15 is 0 Å². The van der Waals surface area contributed by atoms with Crippen LogP contribution >= 0.6 is 0 Å². The number of benzene rings is 2. The first-order valence-corrected chi connectivity index (χ1v) is 54.9. The molecule has 0 amide bonds. The van der Waals surface area contributed by atoms with Crippen molar-refractivity contribution in [3.8, 4) is 0 Å². The second kappa shape index (κ2) is 92.2. The van der Waals surface area contributed by atoms with Crippen molar-refractivity contribution in [1.29, 1.82) is 0 Å². The summed E-state index contributed by atoms with van der Waals surface area (Å²) in [7, 11) is -9.65. The Morgan fingerprint density at radius 3 is 0.504 bits per heavy atom. The quantitative estimate of drug-likeness (QED) is 0.0150. The summed E-state index contributed by atoms with van der Waals surface area (Å²) in [6.07, 6.45) is 113. The average Bonchev–Trinajstić information content (AvgIpc) is 0.812. The largest absolute Gasteiger partial charge is 2.00 e. The van der Waals surface area contributed by atoms with Gasteiger partial charge in [0.2, 0.25) is 0 Å². The molecule has 0 atom stereocenters. The van der Waals surface area contributed by atoms with Crippen LogP contribution in [0.4, 0.5) is 0 Å². The Hall–Kier alpha value is -3.64. The molecule has 716 valence electrons. The molecule has 0 aliphatic carbocycles. The molecule has 0 bridgehead atoms. The molecule has 0 aromatic heterocycles. The van der Waals surface area contributed by atoms with Gasteiger partial charge in [0.1, 0.15) is 20.2 Å². The molecule has 0 spiro atoms. The maximum Gasteiger partial charge on any atom is 2.00 e. The van der Waals surface area contributed by atoms with Crippen LogP contribution in [0.3, 0.4) is 0 Å². The number of esters is 4. The van der Waals surface area contributed by atoms with E-state index in [1.807, 2.05) is 0 Å².